The van der Waals surface area contributed by atoms with Crippen LogP contribution in [0.3, 0.4) is 0 Å². The fraction of sp³-hybridized carbons (Fsp3) is 0.520. The Morgan fingerprint density at radius 1 is 1.19 bits per heavy atom. The standard InChI is InChI=1S/C18H16F4N4.C7H13NO2S/c1-17(2)7-12(10-3-4-11(23-8-10)6-18(20,21)22)13-9-24-15-5-14(19)25-26(15)16(13)17;1-8-7(9)6-2-4-11(10)5-3-6/h3-5,8-9,12H,6-7H2,1-2H3;6H,2-5H2,1H3,(H,8,9). The first-order chi connectivity index (χ1) is 17.4. The Labute approximate surface area is 214 Å². The minimum atomic E-state index is -4.28. The highest BCUT2D eigenvalue weighted by Crippen LogP contribution is 2.48. The Balaban J connectivity index is 0.000000245. The third-order valence-electron chi connectivity index (χ3n) is 6.85. The molecular weight excluding hydrogens is 510 g/mol. The number of pyridine rings is 1. The molecular formula is C25H29F4N5O2S. The zero-order valence-corrected chi connectivity index (χ0v) is 21.6. The van der Waals surface area contributed by atoms with E-state index in [4.69, 9.17) is 0 Å². The molecule has 0 bridgehead atoms. The topological polar surface area (TPSA) is 89.2 Å². The number of alkyl halides is 3. The molecule has 1 N–H and O–H groups in total. The summed E-state index contributed by atoms with van der Waals surface area (Å²) in [6.07, 6.45) is 0.147. The molecule has 1 aliphatic carbocycles. The summed E-state index contributed by atoms with van der Waals surface area (Å²) in [5, 5.41) is 6.52. The van der Waals surface area contributed by atoms with Crippen molar-refractivity contribution < 1.29 is 26.6 Å². The molecule has 5 rings (SSSR count). The lowest BCUT2D eigenvalue weighted by Crippen LogP contribution is -2.32. The smallest absolute Gasteiger partial charge is 0.359 e. The number of nitrogens with one attached hydrogen (secondary N) is 1. The van der Waals surface area contributed by atoms with E-state index in [1.54, 1.807) is 19.3 Å². The van der Waals surface area contributed by atoms with Crippen molar-refractivity contribution in [2.45, 2.75) is 57.0 Å². The van der Waals surface area contributed by atoms with Crippen molar-refractivity contribution in [2.24, 2.45) is 5.92 Å². The average Bonchev–Trinajstić information content (AvgIpc) is 3.34. The van der Waals surface area contributed by atoms with Crippen molar-refractivity contribution in [3.05, 3.63) is 59.1 Å². The largest absolute Gasteiger partial charge is 0.394 e. The molecule has 37 heavy (non-hydrogen) atoms. The summed E-state index contributed by atoms with van der Waals surface area (Å²) in [5.41, 5.74) is 2.72. The van der Waals surface area contributed by atoms with Crippen LogP contribution in [0.25, 0.3) is 5.65 Å². The number of carbonyl (C=O) groups is 1. The monoisotopic (exact) mass is 539 g/mol. The fourth-order valence-electron chi connectivity index (χ4n) is 5.08. The quantitative estimate of drug-likeness (QED) is 0.507. The van der Waals surface area contributed by atoms with Gasteiger partial charge in [0.05, 0.1) is 12.1 Å². The lowest BCUT2D eigenvalue weighted by Gasteiger charge is -2.19. The van der Waals surface area contributed by atoms with E-state index in [-0.39, 0.29) is 28.9 Å². The van der Waals surface area contributed by atoms with Crippen LogP contribution in [0.2, 0.25) is 0 Å². The van der Waals surface area contributed by atoms with Crippen LogP contribution in [0.5, 0.6) is 0 Å². The van der Waals surface area contributed by atoms with Crippen molar-refractivity contribution in [3.8, 4) is 0 Å². The number of rotatable bonds is 3. The first kappa shape index (κ1) is 27.2. The highest BCUT2D eigenvalue weighted by Gasteiger charge is 2.41. The Kier molecular flexibility index (Phi) is 7.68. The van der Waals surface area contributed by atoms with Crippen molar-refractivity contribution in [2.75, 3.05) is 18.6 Å². The van der Waals surface area contributed by atoms with Crippen LogP contribution in [-0.4, -0.2) is 54.4 Å². The molecule has 0 aromatic carbocycles. The molecule has 1 unspecified atom stereocenters. The fourth-order valence-corrected chi connectivity index (χ4v) is 6.38. The number of aromatic nitrogens is 4. The van der Waals surface area contributed by atoms with E-state index in [1.165, 1.54) is 22.8 Å². The van der Waals surface area contributed by atoms with Crippen molar-refractivity contribution >= 4 is 22.4 Å². The molecule has 4 heterocycles. The summed E-state index contributed by atoms with van der Waals surface area (Å²) >= 11 is 0. The molecule has 200 valence electrons. The van der Waals surface area contributed by atoms with Gasteiger partial charge in [-0.2, -0.15) is 17.6 Å². The zero-order valence-electron chi connectivity index (χ0n) is 20.8. The molecule has 1 saturated heterocycles. The minimum Gasteiger partial charge on any atom is -0.359 e. The number of hydrogen-bond donors (Lipinski definition) is 1. The van der Waals surface area contributed by atoms with Gasteiger partial charge in [-0.3, -0.25) is 14.0 Å². The second kappa shape index (κ2) is 10.5. The van der Waals surface area contributed by atoms with Crippen LogP contribution >= 0.6 is 0 Å². The molecule has 0 radical (unpaired) electrons. The van der Waals surface area contributed by atoms with Gasteiger partial charge in [0.25, 0.3) is 0 Å². The van der Waals surface area contributed by atoms with Crippen molar-refractivity contribution in [3.63, 3.8) is 0 Å². The molecule has 1 fully saturated rings. The average molecular weight is 540 g/mol. The van der Waals surface area contributed by atoms with Crippen LogP contribution in [0.15, 0.2) is 30.6 Å². The Bertz CT molecular complexity index is 1300. The van der Waals surface area contributed by atoms with E-state index >= 15 is 0 Å². The maximum Gasteiger partial charge on any atom is 0.394 e. The summed E-state index contributed by atoms with van der Waals surface area (Å²) in [5.74, 6) is 0.926. The van der Waals surface area contributed by atoms with Gasteiger partial charge in [-0.05, 0) is 30.9 Å². The lowest BCUT2D eigenvalue weighted by atomic mass is 9.87. The van der Waals surface area contributed by atoms with Crippen LogP contribution in [0.1, 0.15) is 61.5 Å². The maximum atomic E-state index is 13.6. The van der Waals surface area contributed by atoms with Gasteiger partial charge >= 0.3 is 6.18 Å². The molecule has 0 saturated carbocycles. The summed E-state index contributed by atoms with van der Waals surface area (Å²) < 4.78 is 63.5. The molecule has 0 spiro atoms. The molecule has 1 atom stereocenters. The molecule has 1 amide bonds. The molecule has 3 aromatic heterocycles. The van der Waals surface area contributed by atoms with Crippen molar-refractivity contribution in [1.29, 1.82) is 0 Å². The summed E-state index contributed by atoms with van der Waals surface area (Å²) in [7, 11) is 0.987. The number of halogens is 4. The van der Waals surface area contributed by atoms with Crippen LogP contribution in [0, 0.1) is 11.9 Å². The Morgan fingerprint density at radius 2 is 1.89 bits per heavy atom. The van der Waals surface area contributed by atoms with E-state index in [0.29, 0.717) is 23.6 Å². The summed E-state index contributed by atoms with van der Waals surface area (Å²) in [4.78, 5) is 19.3. The third-order valence-corrected chi connectivity index (χ3v) is 8.23. The number of amides is 1. The lowest BCUT2D eigenvalue weighted by molar-refractivity contribution is -0.128. The number of nitrogens with zero attached hydrogens (tertiary/aromatic N) is 4. The zero-order chi connectivity index (χ0) is 27.0. The summed E-state index contributed by atoms with van der Waals surface area (Å²) in [6.45, 7) is 4.08. The van der Waals surface area contributed by atoms with Gasteiger partial charge in [0.2, 0.25) is 11.9 Å². The second-order valence-electron chi connectivity index (χ2n) is 10.1. The molecule has 1 aliphatic heterocycles. The molecule has 12 heteroatoms. The minimum absolute atomic E-state index is 0.0125. The SMILES string of the molecule is CC1(C)CC(c2ccc(CC(F)(F)F)nc2)c2cnc3cc(F)nn3c21.CNC(=O)C1CCS(=O)CC1. The second-order valence-corrected chi connectivity index (χ2v) is 11.7. The van der Waals surface area contributed by atoms with Gasteiger partial charge in [-0.15, -0.1) is 5.10 Å². The van der Waals surface area contributed by atoms with Gasteiger partial charge in [-0.1, -0.05) is 19.9 Å². The van der Waals surface area contributed by atoms with Gasteiger partial charge < -0.3 is 5.32 Å². The van der Waals surface area contributed by atoms with E-state index in [1.807, 2.05) is 13.8 Å². The Hall–Kier alpha value is -2.89. The normalized spacial score (nSPS) is 22.7. The predicted molar refractivity (Wildman–Crippen MR) is 131 cm³/mol. The number of fused-ring (bicyclic) bond motifs is 3. The van der Waals surface area contributed by atoms with Gasteiger partial charge in [-0.25, -0.2) is 9.50 Å². The van der Waals surface area contributed by atoms with Gasteiger partial charge in [0.15, 0.2) is 5.65 Å². The highest BCUT2D eigenvalue weighted by molar-refractivity contribution is 7.85. The molecule has 3 aromatic rings. The van der Waals surface area contributed by atoms with E-state index in [2.05, 4.69) is 20.4 Å². The van der Waals surface area contributed by atoms with Crippen LogP contribution in [0.4, 0.5) is 17.6 Å². The summed E-state index contributed by atoms with van der Waals surface area (Å²) in [6, 6.07) is 4.36. The van der Waals surface area contributed by atoms with Crippen molar-refractivity contribution in [1.82, 2.24) is 24.9 Å². The highest BCUT2D eigenvalue weighted by atomic mass is 32.2. The maximum absolute atomic E-state index is 13.6. The van der Waals surface area contributed by atoms with E-state index < -0.39 is 29.3 Å². The van der Waals surface area contributed by atoms with Gasteiger partial charge in [0, 0.05) is 76.3 Å². The van der Waals surface area contributed by atoms with E-state index in [9.17, 15) is 26.6 Å². The first-order valence-electron chi connectivity index (χ1n) is 12.0. The molecule has 7 nitrogen and oxygen atoms in total. The van der Waals surface area contributed by atoms with E-state index in [0.717, 1.165) is 29.7 Å². The Morgan fingerprint density at radius 3 is 2.49 bits per heavy atom. The van der Waals surface area contributed by atoms with Crippen LogP contribution in [-0.2, 0) is 27.4 Å². The predicted octanol–water partition coefficient (Wildman–Crippen LogP) is 4.07. The first-order valence-corrected chi connectivity index (χ1v) is 13.5. The van der Waals surface area contributed by atoms with Crippen LogP contribution < -0.4 is 5.32 Å². The number of hydrogen-bond acceptors (Lipinski definition) is 5. The van der Waals surface area contributed by atoms with Gasteiger partial charge in [0.1, 0.15) is 0 Å². The number of carbonyl (C=O) groups excluding carboxylic acids is 1. The third kappa shape index (κ3) is 6.16. The molecule has 2 aliphatic rings.